The van der Waals surface area contributed by atoms with Crippen LogP contribution in [-0.2, 0) is 11.2 Å². The third kappa shape index (κ3) is 6.58. The molecule has 3 aromatic rings. The van der Waals surface area contributed by atoms with E-state index in [1.807, 2.05) is 54.2 Å². The first kappa shape index (κ1) is 20.8. The maximum Gasteiger partial charge on any atom is 0.225 e. The largest absolute Gasteiger partial charge is 0.480 e. The Hall–Kier alpha value is -2.90. The highest BCUT2D eigenvalue weighted by molar-refractivity contribution is 7.99. The van der Waals surface area contributed by atoms with Crippen LogP contribution in [0.3, 0.4) is 0 Å². The summed E-state index contributed by atoms with van der Waals surface area (Å²) in [7, 11) is 0. The molecule has 0 aromatic heterocycles. The molecule has 0 saturated heterocycles. The molecule has 0 bridgehead atoms. The summed E-state index contributed by atoms with van der Waals surface area (Å²) in [5.41, 5.74) is 1.00. The number of thioether (sulfide) groups is 1. The Morgan fingerprint density at radius 3 is 2.55 bits per heavy atom. The minimum atomic E-state index is -0.0291. The lowest BCUT2D eigenvalue weighted by Gasteiger charge is -2.06. The molecule has 3 nitrogen and oxygen atoms in total. The molecule has 0 atom stereocenters. The average molecular weight is 404 g/mol. The summed E-state index contributed by atoms with van der Waals surface area (Å²) in [5, 5.41) is 5.59. The molecule has 4 heteroatoms. The van der Waals surface area contributed by atoms with Crippen LogP contribution < -0.4 is 10.1 Å². The number of hydrogen-bond acceptors (Lipinski definition) is 3. The molecule has 3 aromatic carbocycles. The zero-order valence-electron chi connectivity index (χ0n) is 16.8. The van der Waals surface area contributed by atoms with Crippen molar-refractivity contribution < 1.29 is 9.53 Å². The number of hydrogen-bond donors (Lipinski definition) is 1. The van der Waals surface area contributed by atoms with E-state index >= 15 is 0 Å². The standard InChI is InChI=1S/C25H25NO2S/c1-19(2)29-22-14-12-20(13-15-22)18-25(27)26-16-5-6-17-28-24-11-7-9-21-8-3-4-10-23(21)24/h3-4,7-15,19H,16-18H2,1-2H3,(H,26,27). The van der Waals surface area contributed by atoms with Gasteiger partial charge in [0.2, 0.25) is 5.91 Å². The van der Waals surface area contributed by atoms with E-state index in [1.54, 1.807) is 0 Å². The lowest BCUT2D eigenvalue weighted by molar-refractivity contribution is -0.120. The average Bonchev–Trinajstić information content (AvgIpc) is 2.72. The van der Waals surface area contributed by atoms with Gasteiger partial charge < -0.3 is 10.1 Å². The highest BCUT2D eigenvalue weighted by Gasteiger charge is 2.03. The van der Waals surface area contributed by atoms with Crippen molar-refractivity contribution in [1.29, 1.82) is 0 Å². The van der Waals surface area contributed by atoms with Crippen LogP contribution in [0.4, 0.5) is 0 Å². The van der Waals surface area contributed by atoms with Crippen LogP contribution in [0.1, 0.15) is 19.4 Å². The van der Waals surface area contributed by atoms with E-state index in [-0.39, 0.29) is 5.91 Å². The van der Waals surface area contributed by atoms with Crippen LogP contribution in [0.5, 0.6) is 5.75 Å². The van der Waals surface area contributed by atoms with Gasteiger partial charge in [0.05, 0.1) is 13.0 Å². The summed E-state index contributed by atoms with van der Waals surface area (Å²) < 4.78 is 5.77. The van der Waals surface area contributed by atoms with Crippen LogP contribution in [0, 0.1) is 11.8 Å². The molecule has 0 aliphatic rings. The normalized spacial score (nSPS) is 10.4. The second-order valence-corrected chi connectivity index (χ2v) is 8.53. The monoisotopic (exact) mass is 403 g/mol. The number of fused-ring (bicyclic) bond motifs is 1. The Morgan fingerprint density at radius 1 is 1.00 bits per heavy atom. The first-order valence-corrected chi connectivity index (χ1v) is 10.6. The molecule has 0 fully saturated rings. The van der Waals surface area contributed by atoms with Crippen molar-refractivity contribution in [3.63, 3.8) is 0 Å². The first-order valence-electron chi connectivity index (χ1n) is 9.70. The van der Waals surface area contributed by atoms with Gasteiger partial charge in [0, 0.05) is 15.5 Å². The molecule has 3 rings (SSSR count). The van der Waals surface area contributed by atoms with Crippen molar-refractivity contribution in [2.75, 3.05) is 13.2 Å². The van der Waals surface area contributed by atoms with Crippen molar-refractivity contribution in [3.05, 3.63) is 72.3 Å². The number of amides is 1. The fourth-order valence-electron chi connectivity index (χ4n) is 2.90. The van der Waals surface area contributed by atoms with E-state index in [0.717, 1.165) is 22.1 Å². The molecule has 0 radical (unpaired) electrons. The highest BCUT2D eigenvalue weighted by Crippen LogP contribution is 2.25. The molecule has 29 heavy (non-hydrogen) atoms. The fraction of sp³-hybridized carbons (Fsp3) is 0.240. The van der Waals surface area contributed by atoms with Crippen LogP contribution in [0.15, 0.2) is 71.6 Å². The minimum Gasteiger partial charge on any atom is -0.480 e. The van der Waals surface area contributed by atoms with Gasteiger partial charge in [-0.15, -0.1) is 11.8 Å². The van der Waals surface area contributed by atoms with Gasteiger partial charge in [-0.25, -0.2) is 0 Å². The molecule has 148 valence electrons. The van der Waals surface area contributed by atoms with Gasteiger partial charge in [-0.1, -0.05) is 74.2 Å². The van der Waals surface area contributed by atoms with Crippen LogP contribution in [0.2, 0.25) is 0 Å². The lowest BCUT2D eigenvalue weighted by atomic mass is 10.1. The topological polar surface area (TPSA) is 38.3 Å². The van der Waals surface area contributed by atoms with E-state index in [4.69, 9.17) is 4.74 Å². The molecular formula is C25H25NO2S. The predicted molar refractivity (Wildman–Crippen MR) is 121 cm³/mol. The molecule has 0 unspecified atom stereocenters. The van der Waals surface area contributed by atoms with Crippen molar-refractivity contribution in [1.82, 2.24) is 5.32 Å². The minimum absolute atomic E-state index is 0.0291. The van der Waals surface area contributed by atoms with E-state index in [1.165, 1.54) is 4.90 Å². The smallest absolute Gasteiger partial charge is 0.225 e. The Morgan fingerprint density at radius 2 is 1.76 bits per heavy atom. The maximum absolute atomic E-state index is 12.1. The number of nitrogens with one attached hydrogen (secondary N) is 1. The van der Waals surface area contributed by atoms with Crippen LogP contribution in [0.25, 0.3) is 10.8 Å². The molecule has 0 aliphatic carbocycles. The highest BCUT2D eigenvalue weighted by atomic mass is 32.2. The summed E-state index contributed by atoms with van der Waals surface area (Å²) in [5.74, 6) is 6.69. The molecule has 0 spiro atoms. The van der Waals surface area contributed by atoms with Gasteiger partial charge in [0.1, 0.15) is 12.4 Å². The van der Waals surface area contributed by atoms with Gasteiger partial charge in [-0.2, -0.15) is 0 Å². The van der Waals surface area contributed by atoms with Gasteiger partial charge >= 0.3 is 0 Å². The van der Waals surface area contributed by atoms with E-state index < -0.39 is 0 Å². The van der Waals surface area contributed by atoms with Gasteiger partial charge in [-0.3, -0.25) is 4.79 Å². The summed E-state index contributed by atoms with van der Waals surface area (Å²) in [6, 6.07) is 22.2. The molecule has 1 N–H and O–H groups in total. The lowest BCUT2D eigenvalue weighted by Crippen LogP contribution is -2.25. The van der Waals surface area contributed by atoms with Gasteiger partial charge in [-0.05, 0) is 29.1 Å². The van der Waals surface area contributed by atoms with E-state index in [2.05, 4.69) is 55.3 Å². The van der Waals surface area contributed by atoms with Crippen LogP contribution in [-0.4, -0.2) is 24.3 Å². The quantitative estimate of drug-likeness (QED) is 0.442. The van der Waals surface area contributed by atoms with Gasteiger partial charge in [0.15, 0.2) is 0 Å². The Kier molecular flexibility index (Phi) is 7.61. The fourth-order valence-corrected chi connectivity index (χ4v) is 3.74. The van der Waals surface area contributed by atoms with Crippen molar-refractivity contribution in [3.8, 4) is 17.6 Å². The summed E-state index contributed by atoms with van der Waals surface area (Å²) in [6.45, 7) is 4.94. The second kappa shape index (κ2) is 10.6. The number of carbonyl (C=O) groups is 1. The summed E-state index contributed by atoms with van der Waals surface area (Å²) in [6.07, 6.45) is 0.362. The summed E-state index contributed by atoms with van der Waals surface area (Å²) >= 11 is 1.82. The SMILES string of the molecule is CC(C)Sc1ccc(CC(=O)NCC#CCOc2cccc3ccccc23)cc1. The second-order valence-electron chi connectivity index (χ2n) is 6.88. The number of benzene rings is 3. The molecule has 0 saturated carbocycles. The third-order valence-electron chi connectivity index (χ3n) is 4.21. The number of ether oxygens (including phenoxy) is 1. The Balaban J connectivity index is 1.41. The summed E-state index contributed by atoms with van der Waals surface area (Å²) in [4.78, 5) is 13.3. The molecular weight excluding hydrogens is 378 g/mol. The molecule has 1 amide bonds. The maximum atomic E-state index is 12.1. The predicted octanol–water partition coefficient (Wildman–Crippen LogP) is 5.08. The Bertz CT molecular complexity index is 1010. The van der Waals surface area contributed by atoms with Crippen molar-refractivity contribution in [2.45, 2.75) is 30.4 Å². The van der Waals surface area contributed by atoms with E-state index in [0.29, 0.717) is 24.8 Å². The van der Waals surface area contributed by atoms with Gasteiger partial charge in [0.25, 0.3) is 0 Å². The van der Waals surface area contributed by atoms with Crippen molar-refractivity contribution >= 4 is 28.4 Å². The first-order chi connectivity index (χ1) is 14.1. The number of carbonyl (C=O) groups excluding carboxylic acids is 1. The third-order valence-corrected chi connectivity index (χ3v) is 5.22. The van der Waals surface area contributed by atoms with Crippen molar-refractivity contribution in [2.24, 2.45) is 0 Å². The van der Waals surface area contributed by atoms with E-state index in [9.17, 15) is 4.79 Å². The van der Waals surface area contributed by atoms with Crippen LogP contribution >= 0.6 is 11.8 Å². The zero-order valence-corrected chi connectivity index (χ0v) is 17.6. The zero-order chi connectivity index (χ0) is 20.5. The Labute approximate surface area is 176 Å². The molecule has 0 aliphatic heterocycles. The number of rotatable bonds is 7. The molecule has 0 heterocycles.